The van der Waals surface area contributed by atoms with Crippen molar-refractivity contribution < 1.29 is 14.7 Å². The zero-order valence-electron chi connectivity index (χ0n) is 13.3. The average Bonchev–Trinajstić information content (AvgIpc) is 2.45. The van der Waals surface area contributed by atoms with Crippen molar-refractivity contribution in [1.82, 2.24) is 10.6 Å². The van der Waals surface area contributed by atoms with Crippen molar-refractivity contribution in [3.05, 3.63) is 0 Å². The molecule has 0 bridgehead atoms. The highest BCUT2D eigenvalue weighted by Crippen LogP contribution is 2.34. The van der Waals surface area contributed by atoms with E-state index in [4.69, 9.17) is 0 Å². The summed E-state index contributed by atoms with van der Waals surface area (Å²) in [5.74, 6) is 0.649. The maximum atomic E-state index is 12.1. The SMILES string of the molecule is CCC1CCC(NC(=O)NC(C)CCSC)(C(=O)O)CC1. The van der Waals surface area contributed by atoms with Gasteiger partial charge in [0.1, 0.15) is 5.54 Å². The quantitative estimate of drug-likeness (QED) is 0.675. The van der Waals surface area contributed by atoms with Crippen LogP contribution in [0.15, 0.2) is 0 Å². The molecule has 0 aromatic heterocycles. The summed E-state index contributed by atoms with van der Waals surface area (Å²) in [5.41, 5.74) is -1.09. The zero-order valence-corrected chi connectivity index (χ0v) is 14.1. The summed E-state index contributed by atoms with van der Waals surface area (Å²) in [4.78, 5) is 23.7. The molecule has 0 aromatic rings. The van der Waals surface area contributed by atoms with E-state index in [1.807, 2.05) is 13.2 Å². The Morgan fingerprint density at radius 1 is 1.38 bits per heavy atom. The number of urea groups is 1. The number of nitrogens with one attached hydrogen (secondary N) is 2. The number of hydrogen-bond acceptors (Lipinski definition) is 3. The molecule has 5 nitrogen and oxygen atoms in total. The summed E-state index contributed by atoms with van der Waals surface area (Å²) < 4.78 is 0. The Bertz CT molecular complexity index is 355. The van der Waals surface area contributed by atoms with E-state index in [1.54, 1.807) is 11.8 Å². The number of carboxylic acids is 1. The van der Waals surface area contributed by atoms with Crippen molar-refractivity contribution in [3.63, 3.8) is 0 Å². The molecular weight excluding hydrogens is 288 g/mol. The number of rotatable bonds is 7. The van der Waals surface area contributed by atoms with E-state index in [0.29, 0.717) is 18.8 Å². The molecular formula is C15H28N2O3S. The minimum atomic E-state index is -1.09. The van der Waals surface area contributed by atoms with E-state index in [-0.39, 0.29) is 12.1 Å². The number of aliphatic carboxylic acids is 1. The monoisotopic (exact) mass is 316 g/mol. The Labute approximate surface area is 131 Å². The number of carbonyl (C=O) groups is 2. The van der Waals surface area contributed by atoms with Crippen LogP contribution in [0, 0.1) is 5.92 Å². The van der Waals surface area contributed by atoms with Gasteiger partial charge in [-0.3, -0.25) is 0 Å². The highest BCUT2D eigenvalue weighted by molar-refractivity contribution is 7.98. The normalized spacial score (nSPS) is 26.9. The van der Waals surface area contributed by atoms with E-state index >= 15 is 0 Å². The van der Waals surface area contributed by atoms with Crippen LogP contribution in [0.3, 0.4) is 0 Å². The second-order valence-corrected chi connectivity index (χ2v) is 7.01. The molecule has 1 saturated carbocycles. The van der Waals surface area contributed by atoms with Crippen LogP contribution in [0.25, 0.3) is 0 Å². The molecule has 0 spiro atoms. The van der Waals surface area contributed by atoms with Crippen molar-refractivity contribution in [1.29, 1.82) is 0 Å². The average molecular weight is 316 g/mol. The van der Waals surface area contributed by atoms with E-state index in [2.05, 4.69) is 17.6 Å². The van der Waals surface area contributed by atoms with Gasteiger partial charge < -0.3 is 15.7 Å². The Morgan fingerprint density at radius 3 is 2.48 bits per heavy atom. The molecule has 0 aliphatic heterocycles. The van der Waals surface area contributed by atoms with Gasteiger partial charge in [-0.05, 0) is 57.0 Å². The molecule has 0 heterocycles. The van der Waals surface area contributed by atoms with Crippen LogP contribution >= 0.6 is 11.8 Å². The van der Waals surface area contributed by atoms with Gasteiger partial charge in [-0.15, -0.1) is 0 Å². The molecule has 1 rings (SSSR count). The molecule has 0 radical (unpaired) electrons. The van der Waals surface area contributed by atoms with E-state index in [1.165, 1.54) is 0 Å². The molecule has 1 fully saturated rings. The molecule has 1 atom stereocenters. The Morgan fingerprint density at radius 2 is 2.00 bits per heavy atom. The third kappa shape index (κ3) is 5.41. The first kappa shape index (κ1) is 18.1. The first-order valence-electron chi connectivity index (χ1n) is 7.74. The van der Waals surface area contributed by atoms with Crippen LogP contribution in [0.5, 0.6) is 0 Å². The summed E-state index contributed by atoms with van der Waals surface area (Å²) in [6.45, 7) is 4.07. The maximum Gasteiger partial charge on any atom is 0.329 e. The molecule has 122 valence electrons. The third-order valence-corrected chi connectivity index (χ3v) is 5.07. The molecule has 2 amide bonds. The molecule has 3 N–H and O–H groups in total. The van der Waals surface area contributed by atoms with Gasteiger partial charge in [-0.2, -0.15) is 11.8 Å². The summed E-state index contributed by atoms with van der Waals surface area (Å²) in [6.07, 6.45) is 6.76. The van der Waals surface area contributed by atoms with E-state index in [9.17, 15) is 14.7 Å². The zero-order chi connectivity index (χ0) is 15.9. The minimum absolute atomic E-state index is 0.0512. The van der Waals surface area contributed by atoms with Crippen LogP contribution in [-0.2, 0) is 4.79 Å². The summed E-state index contributed by atoms with van der Waals surface area (Å²) >= 11 is 1.73. The molecule has 1 aliphatic rings. The van der Waals surface area contributed by atoms with Crippen LogP contribution in [-0.4, -0.2) is 40.7 Å². The van der Waals surface area contributed by atoms with Crippen molar-refractivity contribution in [2.75, 3.05) is 12.0 Å². The van der Waals surface area contributed by atoms with Crippen molar-refractivity contribution in [3.8, 4) is 0 Å². The Hall–Kier alpha value is -0.910. The van der Waals surface area contributed by atoms with E-state index < -0.39 is 11.5 Å². The van der Waals surface area contributed by atoms with Crippen LogP contribution < -0.4 is 10.6 Å². The van der Waals surface area contributed by atoms with E-state index in [0.717, 1.165) is 31.4 Å². The Kier molecular flexibility index (Phi) is 7.35. The fraction of sp³-hybridized carbons (Fsp3) is 0.867. The molecule has 6 heteroatoms. The fourth-order valence-electron chi connectivity index (χ4n) is 2.81. The highest BCUT2D eigenvalue weighted by atomic mass is 32.2. The topological polar surface area (TPSA) is 78.4 Å². The number of thioether (sulfide) groups is 1. The predicted molar refractivity (Wildman–Crippen MR) is 86.7 cm³/mol. The predicted octanol–water partition coefficient (Wildman–Crippen LogP) is 2.85. The fourth-order valence-corrected chi connectivity index (χ4v) is 3.40. The van der Waals surface area contributed by atoms with Crippen LogP contribution in [0.1, 0.15) is 52.4 Å². The van der Waals surface area contributed by atoms with Crippen molar-refractivity contribution >= 4 is 23.8 Å². The molecule has 0 aromatic carbocycles. The molecule has 0 saturated heterocycles. The smallest absolute Gasteiger partial charge is 0.329 e. The van der Waals surface area contributed by atoms with Gasteiger partial charge in [0.05, 0.1) is 0 Å². The summed E-state index contributed by atoms with van der Waals surface area (Å²) in [5, 5.41) is 15.1. The van der Waals surface area contributed by atoms with Gasteiger partial charge in [-0.1, -0.05) is 13.3 Å². The maximum absolute atomic E-state index is 12.1. The minimum Gasteiger partial charge on any atom is -0.480 e. The number of carboxylic acid groups (broad SMARTS) is 1. The largest absolute Gasteiger partial charge is 0.480 e. The molecule has 1 unspecified atom stereocenters. The van der Waals surface area contributed by atoms with Gasteiger partial charge in [0.2, 0.25) is 0 Å². The lowest BCUT2D eigenvalue weighted by molar-refractivity contribution is -0.146. The van der Waals surface area contributed by atoms with Gasteiger partial charge in [0, 0.05) is 6.04 Å². The number of amides is 2. The van der Waals surface area contributed by atoms with Crippen molar-refractivity contribution in [2.24, 2.45) is 5.92 Å². The molecule has 1 aliphatic carbocycles. The second kappa shape index (κ2) is 8.51. The van der Waals surface area contributed by atoms with Gasteiger partial charge in [0.25, 0.3) is 0 Å². The van der Waals surface area contributed by atoms with Gasteiger partial charge >= 0.3 is 12.0 Å². The first-order valence-corrected chi connectivity index (χ1v) is 9.14. The van der Waals surface area contributed by atoms with Gasteiger partial charge in [0.15, 0.2) is 0 Å². The summed E-state index contributed by atoms with van der Waals surface area (Å²) in [6, 6.07) is -0.309. The lowest BCUT2D eigenvalue weighted by atomic mass is 9.75. The van der Waals surface area contributed by atoms with Crippen LogP contribution in [0.4, 0.5) is 4.79 Å². The van der Waals surface area contributed by atoms with Gasteiger partial charge in [-0.25, -0.2) is 9.59 Å². The lowest BCUT2D eigenvalue weighted by Crippen LogP contribution is -2.59. The van der Waals surface area contributed by atoms with Crippen LogP contribution in [0.2, 0.25) is 0 Å². The second-order valence-electron chi connectivity index (χ2n) is 6.02. The summed E-state index contributed by atoms with van der Waals surface area (Å²) in [7, 11) is 0. The third-order valence-electron chi connectivity index (χ3n) is 4.43. The van der Waals surface area contributed by atoms with Crippen molar-refractivity contribution in [2.45, 2.75) is 64.0 Å². The Balaban J connectivity index is 2.55. The molecule has 21 heavy (non-hydrogen) atoms. The number of hydrogen-bond donors (Lipinski definition) is 3. The highest BCUT2D eigenvalue weighted by Gasteiger charge is 2.43. The first-order chi connectivity index (χ1) is 9.93. The lowest BCUT2D eigenvalue weighted by Gasteiger charge is -2.37. The number of carbonyl (C=O) groups excluding carboxylic acids is 1. The standard InChI is InChI=1S/C15H28N2O3S/c1-4-12-5-8-15(9-6-12,13(18)19)17-14(20)16-11(2)7-10-21-3/h11-12H,4-10H2,1-3H3,(H,18,19)(H2,16,17,20).